The van der Waals surface area contributed by atoms with E-state index in [1.165, 1.54) is 0 Å². The Morgan fingerprint density at radius 3 is 2.35 bits per heavy atom. The van der Waals surface area contributed by atoms with Crippen LogP contribution in [0.3, 0.4) is 0 Å². The molecule has 8 N–H and O–H groups in total. The molecule has 1 unspecified atom stereocenters. The third kappa shape index (κ3) is 8.59. The van der Waals surface area contributed by atoms with Crippen molar-refractivity contribution in [3.8, 4) is 0 Å². The van der Waals surface area contributed by atoms with E-state index < -0.39 is 18.0 Å². The van der Waals surface area contributed by atoms with Crippen LogP contribution >= 0.6 is 0 Å². The SMILES string of the molecule is Cn1c(=O)c(NC(=O)[C@H](CCc2ccccc2)NC(=O)C(N)CCC[N+](C)(CCN)CCN)cc2c1=CCCC=2. The maximum atomic E-state index is 13.5. The lowest BCUT2D eigenvalue weighted by Gasteiger charge is -2.34. The molecule has 1 heterocycles. The molecule has 218 valence electrons. The molecule has 40 heavy (non-hydrogen) atoms. The van der Waals surface area contributed by atoms with Crippen LogP contribution in [-0.2, 0) is 23.1 Å². The van der Waals surface area contributed by atoms with Crippen LogP contribution in [0.25, 0.3) is 12.2 Å². The minimum atomic E-state index is -0.856. The van der Waals surface area contributed by atoms with Gasteiger partial charge in [0.25, 0.3) is 5.56 Å². The summed E-state index contributed by atoms with van der Waals surface area (Å²) in [6.45, 7) is 3.54. The van der Waals surface area contributed by atoms with Gasteiger partial charge in [-0.3, -0.25) is 14.4 Å². The van der Waals surface area contributed by atoms with Crippen molar-refractivity contribution >= 4 is 29.7 Å². The van der Waals surface area contributed by atoms with E-state index in [1.807, 2.05) is 36.4 Å². The van der Waals surface area contributed by atoms with Crippen LogP contribution in [0.2, 0.25) is 0 Å². The van der Waals surface area contributed by atoms with Crippen molar-refractivity contribution in [2.24, 2.45) is 24.2 Å². The Balaban J connectivity index is 1.71. The Morgan fingerprint density at radius 1 is 1.00 bits per heavy atom. The summed E-state index contributed by atoms with van der Waals surface area (Å²) in [4.78, 5) is 39.5. The first-order valence-electron chi connectivity index (χ1n) is 14.2. The molecular weight excluding hydrogens is 506 g/mol. The lowest BCUT2D eigenvalue weighted by molar-refractivity contribution is -0.907. The monoisotopic (exact) mass is 552 g/mol. The number of nitrogens with two attached hydrogens (primary N) is 3. The fourth-order valence-electron chi connectivity index (χ4n) is 5.25. The molecule has 0 aliphatic heterocycles. The van der Waals surface area contributed by atoms with Crippen LogP contribution in [0.1, 0.15) is 37.7 Å². The highest BCUT2D eigenvalue weighted by Gasteiger charge is 2.26. The summed E-state index contributed by atoms with van der Waals surface area (Å²) in [5.74, 6) is -0.829. The molecule has 2 amide bonds. The van der Waals surface area contributed by atoms with Crippen LogP contribution in [0.4, 0.5) is 5.69 Å². The molecule has 2 aromatic rings. The Labute approximate surface area is 236 Å². The van der Waals surface area contributed by atoms with E-state index in [0.29, 0.717) is 32.4 Å². The number of hydrogen-bond acceptors (Lipinski definition) is 6. The number of carbonyl (C=O) groups excluding carboxylic acids is 2. The summed E-state index contributed by atoms with van der Waals surface area (Å²) < 4.78 is 2.28. The zero-order valence-corrected chi connectivity index (χ0v) is 23.9. The topological polar surface area (TPSA) is 158 Å². The average Bonchev–Trinajstić information content (AvgIpc) is 2.94. The zero-order valence-electron chi connectivity index (χ0n) is 23.9. The second kappa shape index (κ2) is 14.9. The van der Waals surface area contributed by atoms with E-state index in [-0.39, 0.29) is 17.2 Å². The molecule has 0 radical (unpaired) electrons. The number of likely N-dealkylation sites (N-methyl/N-ethyl adjacent to an activating group) is 1. The van der Waals surface area contributed by atoms with E-state index >= 15 is 0 Å². The molecule has 1 aromatic carbocycles. The Hall–Kier alpha value is -3.31. The third-order valence-electron chi connectivity index (χ3n) is 7.70. The van der Waals surface area contributed by atoms with Gasteiger partial charge < -0.3 is 36.9 Å². The number of nitrogens with one attached hydrogen (secondary N) is 2. The summed E-state index contributed by atoms with van der Waals surface area (Å²) in [5.41, 5.74) is 18.8. The van der Waals surface area contributed by atoms with Crippen molar-refractivity contribution in [1.29, 1.82) is 0 Å². The number of hydrogen-bond donors (Lipinski definition) is 5. The van der Waals surface area contributed by atoms with Crippen molar-refractivity contribution < 1.29 is 14.1 Å². The van der Waals surface area contributed by atoms with Gasteiger partial charge in [0.2, 0.25) is 11.8 Å². The Bertz CT molecular complexity index is 1320. The molecule has 3 rings (SSSR count). The molecule has 0 spiro atoms. The van der Waals surface area contributed by atoms with E-state index in [0.717, 1.165) is 59.5 Å². The van der Waals surface area contributed by atoms with Gasteiger partial charge in [-0.1, -0.05) is 42.5 Å². The zero-order chi connectivity index (χ0) is 29.1. The highest BCUT2D eigenvalue weighted by atomic mass is 16.2. The molecule has 1 aromatic heterocycles. The summed E-state index contributed by atoms with van der Waals surface area (Å²) in [6, 6.07) is 9.85. The first-order chi connectivity index (χ1) is 19.2. The van der Waals surface area contributed by atoms with Crippen LogP contribution < -0.4 is 44.0 Å². The number of quaternary nitrogens is 1. The Morgan fingerprint density at radius 2 is 1.68 bits per heavy atom. The van der Waals surface area contributed by atoms with E-state index in [1.54, 1.807) is 17.7 Å². The summed E-state index contributed by atoms with van der Waals surface area (Å²) in [7, 11) is 3.81. The van der Waals surface area contributed by atoms with Gasteiger partial charge in [0, 0.05) is 25.5 Å². The van der Waals surface area contributed by atoms with Crippen molar-refractivity contribution in [2.45, 2.75) is 50.6 Å². The predicted molar refractivity (Wildman–Crippen MR) is 161 cm³/mol. The van der Waals surface area contributed by atoms with Gasteiger partial charge in [0.15, 0.2) is 0 Å². The smallest absolute Gasteiger partial charge is 0.274 e. The minimum absolute atomic E-state index is 0.193. The number of benzene rings is 1. The number of pyridine rings is 1. The van der Waals surface area contributed by atoms with Crippen molar-refractivity contribution in [1.82, 2.24) is 9.88 Å². The number of anilines is 1. The fourth-order valence-corrected chi connectivity index (χ4v) is 5.25. The number of aromatic nitrogens is 1. The van der Waals surface area contributed by atoms with Gasteiger partial charge >= 0.3 is 0 Å². The molecule has 1 aliphatic carbocycles. The van der Waals surface area contributed by atoms with Crippen LogP contribution in [0.5, 0.6) is 0 Å². The maximum Gasteiger partial charge on any atom is 0.274 e. The molecule has 2 atom stereocenters. The van der Waals surface area contributed by atoms with E-state index in [9.17, 15) is 14.4 Å². The number of aryl methyl sites for hydroxylation is 1. The van der Waals surface area contributed by atoms with Crippen LogP contribution in [0.15, 0.2) is 41.2 Å². The van der Waals surface area contributed by atoms with E-state index in [2.05, 4.69) is 23.8 Å². The third-order valence-corrected chi connectivity index (χ3v) is 7.70. The Kier molecular flexibility index (Phi) is 11.6. The summed E-state index contributed by atoms with van der Waals surface area (Å²) in [6.07, 6.45) is 7.98. The normalized spacial score (nSPS) is 14.3. The summed E-state index contributed by atoms with van der Waals surface area (Å²) in [5, 5.41) is 7.40. The quantitative estimate of drug-likeness (QED) is 0.183. The number of fused-ring (bicyclic) bond motifs is 1. The summed E-state index contributed by atoms with van der Waals surface area (Å²) >= 11 is 0. The van der Waals surface area contributed by atoms with Crippen LogP contribution in [0, 0.1) is 0 Å². The van der Waals surface area contributed by atoms with Gasteiger partial charge in [-0.15, -0.1) is 0 Å². The highest BCUT2D eigenvalue weighted by Crippen LogP contribution is 2.10. The average molecular weight is 553 g/mol. The first-order valence-corrected chi connectivity index (χ1v) is 14.2. The maximum absolute atomic E-state index is 13.5. The minimum Gasteiger partial charge on any atom is -0.343 e. The molecule has 10 nitrogen and oxygen atoms in total. The second-order valence-corrected chi connectivity index (χ2v) is 10.9. The van der Waals surface area contributed by atoms with Gasteiger partial charge in [0.05, 0.1) is 32.7 Å². The van der Waals surface area contributed by atoms with Crippen molar-refractivity contribution in [2.75, 3.05) is 45.1 Å². The van der Waals surface area contributed by atoms with E-state index in [4.69, 9.17) is 17.2 Å². The fraction of sp³-hybridized carbons (Fsp3) is 0.500. The largest absolute Gasteiger partial charge is 0.343 e. The molecule has 0 saturated carbocycles. The molecular formula is C30H46N7O3+. The molecule has 0 saturated heterocycles. The first kappa shape index (κ1) is 31.2. The number of carbonyl (C=O) groups is 2. The molecule has 10 heteroatoms. The second-order valence-electron chi connectivity index (χ2n) is 10.9. The van der Waals surface area contributed by atoms with Gasteiger partial charge in [0.1, 0.15) is 11.7 Å². The van der Waals surface area contributed by atoms with Crippen molar-refractivity contribution in [3.05, 3.63) is 62.9 Å². The molecule has 1 aliphatic rings. The number of rotatable bonds is 15. The molecule has 0 fully saturated rings. The van der Waals surface area contributed by atoms with Gasteiger partial charge in [-0.25, -0.2) is 0 Å². The molecule has 0 bridgehead atoms. The number of amides is 2. The van der Waals surface area contributed by atoms with Gasteiger partial charge in [-0.05, 0) is 55.4 Å². The lowest BCUT2D eigenvalue weighted by Crippen LogP contribution is -2.52. The number of nitrogens with zero attached hydrogens (tertiary/aromatic N) is 2. The van der Waals surface area contributed by atoms with Gasteiger partial charge in [-0.2, -0.15) is 0 Å². The standard InChI is InChI=1S/C30H45N7O3/c1-36-27-13-7-6-11-23(27)21-26(30(36)40)35-29(39)25(15-14-22-9-4-3-5-10-22)34-28(38)24(33)12-8-18-37(2,19-16-31)20-17-32/h3-5,9-11,13,21,24-25H,6-8,12,14-20,31-33H2,1-2H3,(H-,34,35,38,39)/p+1/t24?,25-/m0/s1. The predicted octanol–water partition coefficient (Wildman–Crippen LogP) is -0.732. The highest BCUT2D eigenvalue weighted by molar-refractivity contribution is 5.97. The van der Waals surface area contributed by atoms with Crippen LogP contribution in [-0.4, -0.2) is 72.7 Å². The van der Waals surface area contributed by atoms with Crippen molar-refractivity contribution in [3.63, 3.8) is 0 Å². The lowest BCUT2D eigenvalue weighted by atomic mass is 10.0.